The highest BCUT2D eigenvalue weighted by molar-refractivity contribution is 5.95. The summed E-state index contributed by atoms with van der Waals surface area (Å²) in [6, 6.07) is 4.18. The largest absolute Gasteiger partial charge is 0.409 e. The average Bonchev–Trinajstić information content (AvgIpc) is 2.37. The molecule has 0 radical (unpaired) electrons. The average molecular weight is 236 g/mol. The molecule has 0 amide bonds. The fourth-order valence-electron chi connectivity index (χ4n) is 1.70. The van der Waals surface area contributed by atoms with Gasteiger partial charge in [-0.25, -0.2) is 0 Å². The quantitative estimate of drug-likeness (QED) is 0.354. The van der Waals surface area contributed by atoms with Gasteiger partial charge in [-0.05, 0) is 25.5 Å². The van der Waals surface area contributed by atoms with Crippen LogP contribution in [-0.4, -0.2) is 29.1 Å². The van der Waals surface area contributed by atoms with Crippen molar-refractivity contribution in [3.8, 4) is 0 Å². The highest BCUT2D eigenvalue weighted by Gasteiger charge is 2.10. The highest BCUT2D eigenvalue weighted by Crippen LogP contribution is 2.17. The predicted octanol–water partition coefficient (Wildman–Crippen LogP) is 1.80. The molecule has 0 aliphatic carbocycles. The lowest BCUT2D eigenvalue weighted by atomic mass is 10.1. The van der Waals surface area contributed by atoms with E-state index in [1.165, 1.54) is 0 Å². The van der Waals surface area contributed by atoms with E-state index in [1.54, 1.807) is 6.20 Å². The van der Waals surface area contributed by atoms with Crippen molar-refractivity contribution in [1.29, 1.82) is 0 Å². The van der Waals surface area contributed by atoms with Gasteiger partial charge in [0.05, 0.1) is 0 Å². The first-order chi connectivity index (χ1) is 8.10. The van der Waals surface area contributed by atoms with E-state index in [1.807, 2.05) is 19.2 Å². The number of anilines is 1. The van der Waals surface area contributed by atoms with Gasteiger partial charge >= 0.3 is 0 Å². The van der Waals surface area contributed by atoms with Crippen LogP contribution in [0.5, 0.6) is 0 Å². The van der Waals surface area contributed by atoms with E-state index >= 15 is 0 Å². The number of hydrogen-bond acceptors (Lipinski definition) is 4. The van der Waals surface area contributed by atoms with Crippen molar-refractivity contribution < 1.29 is 5.21 Å². The summed E-state index contributed by atoms with van der Waals surface area (Å²) in [6.07, 6.45) is 3.93. The molecule has 1 heterocycles. The number of oxime groups is 1. The molecule has 1 aromatic heterocycles. The van der Waals surface area contributed by atoms with E-state index < -0.39 is 0 Å². The molecule has 17 heavy (non-hydrogen) atoms. The summed E-state index contributed by atoms with van der Waals surface area (Å²) in [6.45, 7) is 4.34. The zero-order valence-electron chi connectivity index (χ0n) is 10.6. The van der Waals surface area contributed by atoms with Gasteiger partial charge in [0, 0.05) is 25.0 Å². The molecule has 1 aromatic rings. The van der Waals surface area contributed by atoms with Gasteiger partial charge in [0.2, 0.25) is 0 Å². The molecule has 0 saturated carbocycles. The van der Waals surface area contributed by atoms with E-state index in [0.717, 1.165) is 18.5 Å². The van der Waals surface area contributed by atoms with E-state index in [4.69, 9.17) is 10.9 Å². The SMILES string of the molecule is CCCC(C)N(C)c1ccnc(C(N)=NO)c1. The molecule has 0 fully saturated rings. The lowest BCUT2D eigenvalue weighted by molar-refractivity contribution is 0.318. The topological polar surface area (TPSA) is 74.7 Å². The molecule has 0 aliphatic heterocycles. The molecular formula is C12H20N4O. The van der Waals surface area contributed by atoms with Crippen LogP contribution in [0.25, 0.3) is 0 Å². The smallest absolute Gasteiger partial charge is 0.188 e. The molecule has 3 N–H and O–H groups in total. The van der Waals surface area contributed by atoms with Gasteiger partial charge in [0.25, 0.3) is 0 Å². The Labute approximate surface area is 102 Å². The van der Waals surface area contributed by atoms with Gasteiger partial charge in [-0.1, -0.05) is 18.5 Å². The van der Waals surface area contributed by atoms with Crippen molar-refractivity contribution in [3.63, 3.8) is 0 Å². The fraction of sp³-hybridized carbons (Fsp3) is 0.500. The summed E-state index contributed by atoms with van der Waals surface area (Å²) < 4.78 is 0. The lowest BCUT2D eigenvalue weighted by Crippen LogP contribution is -2.29. The zero-order chi connectivity index (χ0) is 12.8. The minimum atomic E-state index is 0.0309. The number of hydrogen-bond donors (Lipinski definition) is 2. The first kappa shape index (κ1) is 13.3. The number of nitrogens with two attached hydrogens (primary N) is 1. The van der Waals surface area contributed by atoms with Crippen LogP contribution in [0.4, 0.5) is 5.69 Å². The maximum atomic E-state index is 8.62. The number of amidine groups is 1. The molecule has 1 atom stereocenters. The second-order valence-corrected chi connectivity index (χ2v) is 4.13. The third-order valence-corrected chi connectivity index (χ3v) is 2.89. The van der Waals surface area contributed by atoms with Crippen molar-refractivity contribution in [2.75, 3.05) is 11.9 Å². The Kier molecular flexibility index (Phi) is 4.75. The minimum Gasteiger partial charge on any atom is -0.409 e. The van der Waals surface area contributed by atoms with Crippen LogP contribution in [0.15, 0.2) is 23.5 Å². The Morgan fingerprint density at radius 3 is 2.94 bits per heavy atom. The minimum absolute atomic E-state index is 0.0309. The molecule has 5 heteroatoms. The Morgan fingerprint density at radius 1 is 1.65 bits per heavy atom. The van der Waals surface area contributed by atoms with Crippen molar-refractivity contribution in [1.82, 2.24) is 4.98 Å². The van der Waals surface area contributed by atoms with E-state index in [0.29, 0.717) is 11.7 Å². The first-order valence-corrected chi connectivity index (χ1v) is 5.77. The van der Waals surface area contributed by atoms with Crippen molar-refractivity contribution in [2.24, 2.45) is 10.9 Å². The second-order valence-electron chi connectivity index (χ2n) is 4.13. The fourth-order valence-corrected chi connectivity index (χ4v) is 1.70. The lowest BCUT2D eigenvalue weighted by Gasteiger charge is -2.26. The molecule has 0 bridgehead atoms. The molecule has 5 nitrogen and oxygen atoms in total. The van der Waals surface area contributed by atoms with Crippen LogP contribution in [0.2, 0.25) is 0 Å². The number of rotatable bonds is 5. The van der Waals surface area contributed by atoms with Gasteiger partial charge in [-0.3, -0.25) is 4.98 Å². The van der Waals surface area contributed by atoms with Crippen LogP contribution >= 0.6 is 0 Å². The van der Waals surface area contributed by atoms with Crippen molar-refractivity contribution in [2.45, 2.75) is 32.7 Å². The standard InChI is InChI=1S/C12H20N4O/c1-4-5-9(2)16(3)10-6-7-14-11(8-10)12(13)15-17/h6-9,17H,4-5H2,1-3H3,(H2,13,15). The van der Waals surface area contributed by atoms with Crippen molar-refractivity contribution >= 4 is 11.5 Å². The summed E-state index contributed by atoms with van der Waals surface area (Å²) in [5.41, 5.74) is 7.02. The summed E-state index contributed by atoms with van der Waals surface area (Å²) in [4.78, 5) is 6.22. The maximum absolute atomic E-state index is 8.62. The highest BCUT2D eigenvalue weighted by atomic mass is 16.4. The van der Waals surface area contributed by atoms with Crippen molar-refractivity contribution in [3.05, 3.63) is 24.0 Å². The normalized spacial score (nSPS) is 13.5. The van der Waals surface area contributed by atoms with E-state index in [9.17, 15) is 0 Å². The number of pyridine rings is 1. The predicted molar refractivity (Wildman–Crippen MR) is 69.5 cm³/mol. The summed E-state index contributed by atoms with van der Waals surface area (Å²) in [5.74, 6) is 0.0309. The second kappa shape index (κ2) is 6.08. The van der Waals surface area contributed by atoms with Crippen LogP contribution < -0.4 is 10.6 Å². The molecule has 0 saturated heterocycles. The summed E-state index contributed by atoms with van der Waals surface area (Å²) >= 11 is 0. The molecule has 0 aromatic carbocycles. The van der Waals surface area contributed by atoms with Gasteiger partial charge < -0.3 is 15.8 Å². The van der Waals surface area contributed by atoms with Crippen LogP contribution in [-0.2, 0) is 0 Å². The summed E-state index contributed by atoms with van der Waals surface area (Å²) in [7, 11) is 2.03. The molecule has 94 valence electrons. The summed E-state index contributed by atoms with van der Waals surface area (Å²) in [5, 5.41) is 11.6. The Balaban J connectivity index is 2.91. The molecule has 0 aliphatic rings. The van der Waals surface area contributed by atoms with E-state index in [-0.39, 0.29) is 5.84 Å². The van der Waals surface area contributed by atoms with Crippen LogP contribution in [0, 0.1) is 0 Å². The van der Waals surface area contributed by atoms with Gasteiger partial charge in [-0.15, -0.1) is 0 Å². The monoisotopic (exact) mass is 236 g/mol. The molecule has 1 rings (SSSR count). The number of aromatic nitrogens is 1. The van der Waals surface area contributed by atoms with Gasteiger partial charge in [0.15, 0.2) is 5.84 Å². The molecular weight excluding hydrogens is 216 g/mol. The maximum Gasteiger partial charge on any atom is 0.188 e. The Hall–Kier alpha value is -1.78. The molecule has 0 spiro atoms. The Morgan fingerprint density at radius 2 is 2.35 bits per heavy atom. The molecule has 1 unspecified atom stereocenters. The third kappa shape index (κ3) is 3.34. The Bertz CT molecular complexity index is 392. The van der Waals surface area contributed by atoms with Gasteiger partial charge in [-0.2, -0.15) is 0 Å². The third-order valence-electron chi connectivity index (χ3n) is 2.89. The van der Waals surface area contributed by atoms with Crippen LogP contribution in [0.1, 0.15) is 32.4 Å². The van der Waals surface area contributed by atoms with Crippen LogP contribution in [0.3, 0.4) is 0 Å². The number of nitrogens with zero attached hydrogens (tertiary/aromatic N) is 3. The van der Waals surface area contributed by atoms with Gasteiger partial charge in [0.1, 0.15) is 5.69 Å². The zero-order valence-corrected chi connectivity index (χ0v) is 10.6. The first-order valence-electron chi connectivity index (χ1n) is 5.77. The van der Waals surface area contributed by atoms with E-state index in [2.05, 4.69) is 28.9 Å².